The number of hydrogen-bond donors (Lipinski definition) is 6. The molecule has 12 heteroatoms. The van der Waals surface area contributed by atoms with Crippen LogP contribution in [0.2, 0.25) is 0 Å². The predicted molar refractivity (Wildman–Crippen MR) is 212 cm³/mol. The summed E-state index contributed by atoms with van der Waals surface area (Å²) in [5.74, 6) is -1.60. The van der Waals surface area contributed by atoms with E-state index in [0.717, 1.165) is 28.3 Å². The summed E-state index contributed by atoms with van der Waals surface area (Å²) in [7, 11) is 0. The summed E-state index contributed by atoms with van der Waals surface area (Å²) in [5.41, 5.74) is 2.12. The predicted octanol–water partition coefficient (Wildman–Crippen LogP) is 4.60. The van der Waals surface area contributed by atoms with Crippen molar-refractivity contribution >= 4 is 34.6 Å². The first-order valence-electron chi connectivity index (χ1n) is 19.0. The zero-order valence-electron chi connectivity index (χ0n) is 32.1. The number of alkyl carbamates (subject to hydrolysis) is 1. The van der Waals surface area contributed by atoms with Crippen molar-refractivity contribution < 1.29 is 34.1 Å². The lowest BCUT2D eigenvalue weighted by molar-refractivity contribution is -0.131. The summed E-state index contributed by atoms with van der Waals surface area (Å²) in [5, 5.41) is 34.2. The van der Waals surface area contributed by atoms with Gasteiger partial charge in [0.1, 0.15) is 18.7 Å². The molecule has 0 radical (unpaired) electrons. The molecule has 12 nitrogen and oxygen atoms in total. The Morgan fingerprint density at radius 1 is 0.745 bits per heavy atom. The van der Waals surface area contributed by atoms with Gasteiger partial charge in [-0.25, -0.2) is 4.79 Å². The van der Waals surface area contributed by atoms with Crippen LogP contribution in [0.1, 0.15) is 63.8 Å². The highest BCUT2D eigenvalue weighted by Crippen LogP contribution is 2.20. The Bertz CT molecular complexity index is 1820. The third-order valence-corrected chi connectivity index (χ3v) is 9.68. The molecule has 4 amide bonds. The zero-order chi connectivity index (χ0) is 39.7. The molecule has 3 aromatic carbocycles. The molecule has 55 heavy (non-hydrogen) atoms. The molecule has 0 aliphatic rings. The van der Waals surface area contributed by atoms with E-state index < -0.39 is 54.1 Å². The first-order chi connectivity index (χ1) is 26.5. The lowest BCUT2D eigenvalue weighted by Crippen LogP contribution is -2.57. The van der Waals surface area contributed by atoms with E-state index in [4.69, 9.17) is 4.74 Å². The van der Waals surface area contributed by atoms with Crippen LogP contribution in [0.5, 0.6) is 0 Å². The monoisotopic (exact) mass is 753 g/mol. The van der Waals surface area contributed by atoms with Gasteiger partial charge in [0.2, 0.25) is 17.7 Å². The molecule has 1 heterocycles. The normalized spacial score (nSPS) is 14.5. The fraction of sp³-hybridized carbons (Fsp3) is 0.419. The van der Waals surface area contributed by atoms with E-state index in [1.165, 1.54) is 0 Å². The third-order valence-electron chi connectivity index (χ3n) is 9.68. The van der Waals surface area contributed by atoms with Gasteiger partial charge in [-0.05, 0) is 52.3 Å². The van der Waals surface area contributed by atoms with E-state index in [1.54, 1.807) is 24.4 Å². The molecule has 6 atom stereocenters. The number of amides is 4. The molecule has 0 saturated carbocycles. The molecule has 0 aliphatic carbocycles. The second kappa shape index (κ2) is 21.5. The maximum Gasteiger partial charge on any atom is 0.408 e. The van der Waals surface area contributed by atoms with Crippen LogP contribution in [0.15, 0.2) is 97.2 Å². The van der Waals surface area contributed by atoms with E-state index in [-0.39, 0.29) is 44.3 Å². The number of pyridine rings is 1. The molecule has 0 saturated heterocycles. The highest BCUT2D eigenvalue weighted by molar-refractivity contribution is 5.93. The van der Waals surface area contributed by atoms with Crippen LogP contribution in [0, 0.1) is 11.8 Å². The minimum absolute atomic E-state index is 0.00410. The summed E-state index contributed by atoms with van der Waals surface area (Å²) in [6, 6.07) is 24.3. The molecular weight excluding hydrogens is 699 g/mol. The van der Waals surface area contributed by atoms with Gasteiger partial charge in [0, 0.05) is 24.7 Å². The number of rotatable bonds is 20. The summed E-state index contributed by atoms with van der Waals surface area (Å²) in [6.07, 6.45) is 0.428. The van der Waals surface area contributed by atoms with Crippen molar-refractivity contribution in [1.82, 2.24) is 26.3 Å². The Morgan fingerprint density at radius 2 is 1.42 bits per heavy atom. The zero-order valence-corrected chi connectivity index (χ0v) is 32.1. The Kier molecular flexibility index (Phi) is 16.6. The lowest BCUT2D eigenvalue weighted by atomic mass is 9.95. The molecular formula is C43H55N5O7. The van der Waals surface area contributed by atoms with Crippen LogP contribution in [0.4, 0.5) is 4.79 Å². The van der Waals surface area contributed by atoms with Crippen molar-refractivity contribution in [3.05, 3.63) is 114 Å². The molecule has 4 aromatic rings. The number of fused-ring (bicyclic) bond motifs is 1. The van der Waals surface area contributed by atoms with Gasteiger partial charge in [0.25, 0.3) is 0 Å². The summed E-state index contributed by atoms with van der Waals surface area (Å²) in [6.45, 7) is 7.51. The quantitative estimate of drug-likeness (QED) is 0.0758. The number of nitrogens with zero attached hydrogens (tertiary/aromatic N) is 1. The molecule has 6 unspecified atom stereocenters. The van der Waals surface area contributed by atoms with Gasteiger partial charge < -0.3 is 36.2 Å². The maximum absolute atomic E-state index is 14.2. The summed E-state index contributed by atoms with van der Waals surface area (Å²) < 4.78 is 5.49. The number of nitrogens with one attached hydrogen (secondary N) is 4. The number of aliphatic hydroxyl groups is 2. The van der Waals surface area contributed by atoms with E-state index in [9.17, 15) is 29.4 Å². The van der Waals surface area contributed by atoms with Crippen LogP contribution < -0.4 is 21.3 Å². The topological polar surface area (TPSA) is 179 Å². The van der Waals surface area contributed by atoms with Crippen molar-refractivity contribution in [2.45, 2.75) is 96.7 Å². The molecule has 1 aromatic heterocycles. The van der Waals surface area contributed by atoms with Gasteiger partial charge in [-0.15, -0.1) is 0 Å². The summed E-state index contributed by atoms with van der Waals surface area (Å²) >= 11 is 0. The number of hydrogen-bond acceptors (Lipinski definition) is 8. The highest BCUT2D eigenvalue weighted by Gasteiger charge is 2.32. The Hall–Kier alpha value is -5.33. The van der Waals surface area contributed by atoms with Crippen molar-refractivity contribution in [2.24, 2.45) is 11.8 Å². The van der Waals surface area contributed by atoms with Crippen LogP contribution in [0.3, 0.4) is 0 Å². The van der Waals surface area contributed by atoms with Gasteiger partial charge in [-0.1, -0.05) is 113 Å². The van der Waals surface area contributed by atoms with Crippen LogP contribution in [0.25, 0.3) is 10.8 Å². The minimum atomic E-state index is -1.26. The Morgan fingerprint density at radius 3 is 2.11 bits per heavy atom. The van der Waals surface area contributed by atoms with Gasteiger partial charge in [-0.3, -0.25) is 19.4 Å². The molecule has 6 N–H and O–H groups in total. The Labute approximate surface area is 323 Å². The van der Waals surface area contributed by atoms with E-state index in [2.05, 4.69) is 26.3 Å². The van der Waals surface area contributed by atoms with E-state index >= 15 is 0 Å². The fourth-order valence-electron chi connectivity index (χ4n) is 6.37. The van der Waals surface area contributed by atoms with Crippen LogP contribution in [-0.4, -0.2) is 75.9 Å². The van der Waals surface area contributed by atoms with Crippen molar-refractivity contribution in [1.29, 1.82) is 0 Å². The number of carbonyl (C=O) groups excluding carboxylic acids is 4. The fourth-order valence-corrected chi connectivity index (χ4v) is 6.37. The molecule has 4 rings (SSSR count). The third kappa shape index (κ3) is 13.5. The smallest absolute Gasteiger partial charge is 0.408 e. The van der Waals surface area contributed by atoms with E-state index in [0.29, 0.717) is 12.1 Å². The van der Waals surface area contributed by atoms with Gasteiger partial charge in [0.15, 0.2) is 0 Å². The molecule has 0 fully saturated rings. The molecule has 0 bridgehead atoms. The second-order valence-corrected chi connectivity index (χ2v) is 14.4. The largest absolute Gasteiger partial charge is 0.445 e. The van der Waals surface area contributed by atoms with Gasteiger partial charge in [0.05, 0.1) is 31.2 Å². The van der Waals surface area contributed by atoms with Gasteiger partial charge >= 0.3 is 6.09 Å². The second-order valence-electron chi connectivity index (χ2n) is 14.4. The number of carbonyl (C=O) groups is 4. The first-order valence-corrected chi connectivity index (χ1v) is 19.0. The molecule has 0 spiro atoms. The number of aromatic nitrogens is 1. The van der Waals surface area contributed by atoms with E-state index in [1.807, 2.05) is 100 Å². The molecule has 294 valence electrons. The van der Waals surface area contributed by atoms with Crippen LogP contribution >= 0.6 is 0 Å². The SMILES string of the molecule is CCC(C)C(CO)NC(=O)CC(O)C(CC(C)C)NC(=O)C(Cc1ccccn1)NC(=O)C(Cc1cccc2ccccc12)NC(=O)OCc1ccccc1. The molecule has 0 aliphatic heterocycles. The average molecular weight is 754 g/mol. The average Bonchev–Trinajstić information content (AvgIpc) is 3.18. The minimum Gasteiger partial charge on any atom is -0.445 e. The lowest BCUT2D eigenvalue weighted by Gasteiger charge is -2.29. The maximum atomic E-state index is 14.2. The number of benzene rings is 3. The summed E-state index contributed by atoms with van der Waals surface area (Å²) in [4.78, 5) is 58.9. The van der Waals surface area contributed by atoms with Crippen molar-refractivity contribution in [2.75, 3.05) is 6.61 Å². The van der Waals surface area contributed by atoms with Gasteiger partial charge in [-0.2, -0.15) is 0 Å². The Balaban J connectivity index is 1.57. The van der Waals surface area contributed by atoms with Crippen LogP contribution in [-0.2, 0) is 38.6 Å². The number of aliphatic hydroxyl groups excluding tert-OH is 2. The number of ether oxygens (including phenoxy) is 1. The van der Waals surface area contributed by atoms with Crippen molar-refractivity contribution in [3.63, 3.8) is 0 Å². The first kappa shape index (κ1) is 42.4. The van der Waals surface area contributed by atoms with Crippen molar-refractivity contribution in [3.8, 4) is 0 Å². The standard InChI is InChI=1S/C43H55N5O7/c1-5-29(4)38(26-49)45-40(51)25-39(50)35(22-28(2)3)46-42(53)37(24-33-19-11-12-21-44-33)47-41(52)36(48-43(54)55-27-30-14-7-6-8-15-30)23-32-18-13-17-31-16-9-10-20-34(31)32/h6-21,28-29,35-39,49-50H,5,22-27H2,1-4H3,(H,45,51)(H,46,53)(H,47,52)(H,48,54). The highest BCUT2D eigenvalue weighted by atomic mass is 16.5.